The van der Waals surface area contributed by atoms with E-state index in [1.165, 1.54) is 0 Å². The standard InChI is InChI=1S/C41H49N5O11/c42-44-27-30(47)14-15-36(46-41(52)57-28-35-33-12-6-4-10-31(33)32-11-5-7-13-34(32)35)40(51)45-37(26-29-8-2-1-3-9-29)39(50)43-17-19-54-21-23-56-25-24-55-22-20-53-18-16-38(48)49/h1-13,27,35-37H,14-26,28H2,(H,43,50)(H,45,51)(H,46,52)(H,48,49)/t36-,37-/m0/s1. The number of Topliss-reactive ketones (excluding diaryl/α,β-unsaturated/α-hetero) is 1. The van der Waals surface area contributed by atoms with E-state index in [9.17, 15) is 24.0 Å². The van der Waals surface area contributed by atoms with Crippen LogP contribution in [0, 0.1) is 0 Å². The molecule has 3 aromatic carbocycles. The highest BCUT2D eigenvalue weighted by Gasteiger charge is 2.31. The van der Waals surface area contributed by atoms with Gasteiger partial charge < -0.3 is 50.3 Å². The van der Waals surface area contributed by atoms with E-state index in [0.717, 1.165) is 27.8 Å². The van der Waals surface area contributed by atoms with Crippen LogP contribution in [0.1, 0.15) is 41.9 Å². The van der Waals surface area contributed by atoms with Gasteiger partial charge in [0.05, 0.1) is 59.3 Å². The van der Waals surface area contributed by atoms with Crippen LogP contribution >= 0.6 is 0 Å². The van der Waals surface area contributed by atoms with Crippen LogP contribution in [-0.2, 0) is 49.3 Å². The number of ketones is 1. The molecule has 304 valence electrons. The number of nitrogens with one attached hydrogen (secondary N) is 3. The highest BCUT2D eigenvalue weighted by atomic mass is 16.6. The number of nitrogens with zero attached hydrogens (tertiary/aromatic N) is 2. The van der Waals surface area contributed by atoms with E-state index in [1.54, 1.807) is 0 Å². The van der Waals surface area contributed by atoms with Crippen molar-refractivity contribution >= 4 is 35.9 Å². The van der Waals surface area contributed by atoms with E-state index in [-0.39, 0.29) is 64.6 Å². The van der Waals surface area contributed by atoms with E-state index in [0.29, 0.717) is 39.2 Å². The van der Waals surface area contributed by atoms with Gasteiger partial charge in [0.2, 0.25) is 17.6 Å². The monoisotopic (exact) mass is 787 g/mol. The molecule has 0 spiro atoms. The summed E-state index contributed by atoms with van der Waals surface area (Å²) in [6.07, 6.45) is -0.484. The minimum absolute atomic E-state index is 0.000599. The SMILES string of the molecule is [N-]=[N+]=CC(=O)CC[C@H](NC(=O)OCC1c2ccccc2-c2ccccc21)C(=O)N[C@@H](Cc1ccccc1)C(=O)NCCOCCOCCOCCOCCC(=O)O. The predicted molar refractivity (Wildman–Crippen MR) is 207 cm³/mol. The van der Waals surface area contributed by atoms with Crippen molar-refractivity contribution < 1.29 is 57.6 Å². The molecule has 0 saturated heterocycles. The molecule has 4 rings (SSSR count). The van der Waals surface area contributed by atoms with Gasteiger partial charge in [0.1, 0.15) is 18.7 Å². The zero-order valence-electron chi connectivity index (χ0n) is 31.6. The third kappa shape index (κ3) is 15.4. The second-order valence-electron chi connectivity index (χ2n) is 12.9. The molecule has 1 aliphatic carbocycles. The molecule has 0 bridgehead atoms. The lowest BCUT2D eigenvalue weighted by Crippen LogP contribution is -2.55. The molecule has 0 aliphatic heterocycles. The molecule has 16 nitrogen and oxygen atoms in total. The Hall–Kier alpha value is -5.77. The van der Waals surface area contributed by atoms with Crippen molar-refractivity contribution in [1.29, 1.82) is 0 Å². The van der Waals surface area contributed by atoms with Gasteiger partial charge in [-0.25, -0.2) is 4.79 Å². The smallest absolute Gasteiger partial charge is 0.407 e. The molecule has 0 radical (unpaired) electrons. The average molecular weight is 788 g/mol. The van der Waals surface area contributed by atoms with Crippen LogP contribution in [0.15, 0.2) is 78.9 Å². The van der Waals surface area contributed by atoms with Crippen molar-refractivity contribution in [2.75, 3.05) is 66.0 Å². The van der Waals surface area contributed by atoms with Crippen LogP contribution in [0.25, 0.3) is 16.7 Å². The zero-order chi connectivity index (χ0) is 40.7. The van der Waals surface area contributed by atoms with Gasteiger partial charge in [-0.15, -0.1) is 0 Å². The number of carboxylic acids is 1. The topological polar surface area (TPSA) is 224 Å². The lowest BCUT2D eigenvalue weighted by molar-refractivity contribution is -0.138. The number of alkyl carbamates (subject to hydrolysis) is 1. The van der Waals surface area contributed by atoms with Gasteiger partial charge in [-0.05, 0) is 34.2 Å². The summed E-state index contributed by atoms with van der Waals surface area (Å²) in [6, 6.07) is 22.5. The number of hydrogen-bond donors (Lipinski definition) is 4. The summed E-state index contributed by atoms with van der Waals surface area (Å²) < 4.78 is 27.1. The summed E-state index contributed by atoms with van der Waals surface area (Å²) in [5.74, 6) is -2.91. The highest BCUT2D eigenvalue weighted by Crippen LogP contribution is 2.44. The van der Waals surface area contributed by atoms with Crippen LogP contribution in [-0.4, -0.2) is 124 Å². The van der Waals surface area contributed by atoms with Crippen molar-refractivity contribution in [3.63, 3.8) is 0 Å². The Labute approximate surface area is 330 Å². The Bertz CT molecular complexity index is 1770. The van der Waals surface area contributed by atoms with E-state index in [2.05, 4.69) is 20.7 Å². The van der Waals surface area contributed by atoms with Gasteiger partial charge in [0.25, 0.3) is 0 Å². The van der Waals surface area contributed by atoms with Gasteiger partial charge in [-0.1, -0.05) is 78.9 Å². The molecule has 0 saturated carbocycles. The Balaban J connectivity index is 1.26. The first kappa shape index (κ1) is 44.0. The number of ether oxygens (including phenoxy) is 5. The lowest BCUT2D eigenvalue weighted by atomic mass is 9.98. The van der Waals surface area contributed by atoms with Gasteiger partial charge in [0.15, 0.2) is 0 Å². The number of amides is 3. The van der Waals surface area contributed by atoms with Crippen molar-refractivity contribution in [3.8, 4) is 11.1 Å². The Morgan fingerprint density at radius 1 is 0.684 bits per heavy atom. The van der Waals surface area contributed by atoms with Crippen LogP contribution in [0.2, 0.25) is 0 Å². The molecule has 4 N–H and O–H groups in total. The fourth-order valence-corrected chi connectivity index (χ4v) is 6.09. The lowest BCUT2D eigenvalue weighted by Gasteiger charge is -2.23. The fourth-order valence-electron chi connectivity index (χ4n) is 6.09. The maximum Gasteiger partial charge on any atom is 0.407 e. The van der Waals surface area contributed by atoms with E-state index in [1.807, 2.05) is 78.9 Å². The number of carboxylic acid groups (broad SMARTS) is 1. The predicted octanol–water partition coefficient (Wildman–Crippen LogP) is 2.93. The van der Waals surface area contributed by atoms with E-state index in [4.69, 9.17) is 34.3 Å². The fraction of sp³-hybridized carbons (Fsp3) is 0.415. The summed E-state index contributed by atoms with van der Waals surface area (Å²) in [6.45, 7) is 2.28. The minimum Gasteiger partial charge on any atom is -0.481 e. The number of fused-ring (bicyclic) bond motifs is 3. The van der Waals surface area contributed by atoms with Gasteiger partial charge in [-0.2, -0.15) is 4.79 Å². The minimum atomic E-state index is -1.27. The molecule has 16 heteroatoms. The second kappa shape index (κ2) is 24.7. The second-order valence-corrected chi connectivity index (χ2v) is 12.9. The van der Waals surface area contributed by atoms with Gasteiger partial charge in [0, 0.05) is 25.3 Å². The third-order valence-electron chi connectivity index (χ3n) is 8.87. The number of benzene rings is 3. The molecule has 1 aliphatic rings. The summed E-state index contributed by atoms with van der Waals surface area (Å²) in [7, 11) is 0. The molecular weight excluding hydrogens is 738 g/mol. The first-order valence-electron chi connectivity index (χ1n) is 18.7. The highest BCUT2D eigenvalue weighted by molar-refractivity contribution is 6.25. The Kier molecular flexibility index (Phi) is 19.0. The summed E-state index contributed by atoms with van der Waals surface area (Å²) >= 11 is 0. The maximum atomic E-state index is 13.7. The number of hydrogen-bond acceptors (Lipinski definition) is 10. The number of carbonyl (C=O) groups excluding carboxylic acids is 4. The molecule has 3 amide bonds. The van der Waals surface area contributed by atoms with E-state index < -0.39 is 41.7 Å². The first-order chi connectivity index (χ1) is 27.8. The van der Waals surface area contributed by atoms with E-state index >= 15 is 0 Å². The maximum absolute atomic E-state index is 13.7. The number of aliphatic carboxylic acids is 1. The molecule has 0 fully saturated rings. The number of rotatable bonds is 27. The zero-order valence-corrected chi connectivity index (χ0v) is 31.6. The molecule has 3 aromatic rings. The average Bonchev–Trinajstić information content (AvgIpc) is 3.53. The first-order valence-corrected chi connectivity index (χ1v) is 18.7. The quantitative estimate of drug-likeness (QED) is 0.0381. The molecule has 57 heavy (non-hydrogen) atoms. The van der Waals surface area contributed by atoms with Crippen molar-refractivity contribution in [3.05, 3.63) is 101 Å². The summed E-state index contributed by atoms with van der Waals surface area (Å²) in [4.78, 5) is 65.8. The van der Waals surface area contributed by atoms with Crippen molar-refractivity contribution in [1.82, 2.24) is 16.0 Å². The number of carbonyl (C=O) groups is 5. The molecular formula is C41H49N5O11. The molecule has 2 atom stereocenters. The Morgan fingerprint density at radius 2 is 1.25 bits per heavy atom. The summed E-state index contributed by atoms with van der Waals surface area (Å²) in [5, 5.41) is 16.7. The van der Waals surface area contributed by atoms with Gasteiger partial charge >= 0.3 is 18.3 Å². The van der Waals surface area contributed by atoms with Crippen LogP contribution < -0.4 is 16.0 Å². The van der Waals surface area contributed by atoms with Crippen LogP contribution in [0.4, 0.5) is 4.79 Å². The molecule has 0 aromatic heterocycles. The van der Waals surface area contributed by atoms with Crippen LogP contribution in [0.3, 0.4) is 0 Å². The van der Waals surface area contributed by atoms with Crippen molar-refractivity contribution in [2.45, 2.75) is 43.7 Å². The normalized spacial score (nSPS) is 12.6. The van der Waals surface area contributed by atoms with Crippen LogP contribution in [0.5, 0.6) is 0 Å². The Morgan fingerprint density at radius 3 is 1.84 bits per heavy atom. The molecule has 0 unspecified atom stereocenters. The third-order valence-corrected chi connectivity index (χ3v) is 8.87. The van der Waals surface area contributed by atoms with Crippen molar-refractivity contribution in [2.24, 2.45) is 0 Å². The van der Waals surface area contributed by atoms with Gasteiger partial charge in [-0.3, -0.25) is 19.2 Å². The summed E-state index contributed by atoms with van der Waals surface area (Å²) in [5.41, 5.74) is 13.7. The molecule has 0 heterocycles. The largest absolute Gasteiger partial charge is 0.481 e.